The van der Waals surface area contributed by atoms with Crippen LogP contribution in [0.25, 0.3) is 0 Å². The second kappa shape index (κ2) is 2.89. The van der Waals surface area contributed by atoms with E-state index in [0.29, 0.717) is 6.54 Å². The van der Waals surface area contributed by atoms with Crippen LogP contribution in [0.5, 0.6) is 0 Å². The number of hydrogen-bond acceptors (Lipinski definition) is 2. The van der Waals surface area contributed by atoms with Crippen molar-refractivity contribution >= 4 is 0 Å². The molecule has 0 fully saturated rings. The van der Waals surface area contributed by atoms with Gasteiger partial charge in [-0.1, -0.05) is 20.8 Å². The topological polar surface area (TPSA) is 35.2 Å². The Labute approximate surface area is 63.7 Å². The Morgan fingerprint density at radius 2 is 1.60 bits per heavy atom. The van der Waals surface area contributed by atoms with Gasteiger partial charge in [-0.05, 0) is 12.3 Å². The lowest BCUT2D eigenvalue weighted by Gasteiger charge is -2.39. The van der Waals surface area contributed by atoms with Crippen molar-refractivity contribution in [3.63, 3.8) is 0 Å². The number of ether oxygens (including phenoxy) is 1. The highest BCUT2D eigenvalue weighted by molar-refractivity contribution is 4.88. The molecule has 0 aromatic rings. The van der Waals surface area contributed by atoms with Crippen molar-refractivity contribution in [3.8, 4) is 0 Å². The number of nitrogens with two attached hydrogens (primary N) is 1. The molecule has 0 saturated carbocycles. The SMILES string of the molecule is COC(C)(CN)C(C)(C)C. The lowest BCUT2D eigenvalue weighted by molar-refractivity contribution is -0.0694. The number of rotatable bonds is 2. The smallest absolute Gasteiger partial charge is 0.0820 e. The highest BCUT2D eigenvalue weighted by atomic mass is 16.5. The maximum Gasteiger partial charge on any atom is 0.0820 e. The molecule has 0 heterocycles. The van der Waals surface area contributed by atoms with Gasteiger partial charge in [-0.15, -0.1) is 0 Å². The molecular weight excluding hydrogens is 126 g/mol. The Morgan fingerprint density at radius 1 is 1.20 bits per heavy atom. The van der Waals surface area contributed by atoms with Gasteiger partial charge in [-0.25, -0.2) is 0 Å². The molecule has 0 aromatic heterocycles. The van der Waals surface area contributed by atoms with E-state index in [9.17, 15) is 0 Å². The van der Waals surface area contributed by atoms with E-state index in [1.54, 1.807) is 7.11 Å². The highest BCUT2D eigenvalue weighted by Crippen LogP contribution is 2.31. The molecule has 62 valence electrons. The van der Waals surface area contributed by atoms with E-state index < -0.39 is 0 Å². The first-order valence-electron chi connectivity index (χ1n) is 3.62. The molecule has 10 heavy (non-hydrogen) atoms. The molecule has 2 N–H and O–H groups in total. The number of methoxy groups -OCH3 is 1. The van der Waals surface area contributed by atoms with Crippen molar-refractivity contribution in [1.82, 2.24) is 0 Å². The van der Waals surface area contributed by atoms with Gasteiger partial charge in [-0.2, -0.15) is 0 Å². The second-order valence-corrected chi connectivity index (χ2v) is 3.89. The van der Waals surface area contributed by atoms with Crippen LogP contribution in [0.4, 0.5) is 0 Å². The van der Waals surface area contributed by atoms with Crippen molar-refractivity contribution in [3.05, 3.63) is 0 Å². The maximum atomic E-state index is 5.58. The summed E-state index contributed by atoms with van der Waals surface area (Å²) in [4.78, 5) is 0. The predicted molar refractivity (Wildman–Crippen MR) is 43.9 cm³/mol. The molecule has 2 nitrogen and oxygen atoms in total. The molecule has 0 bridgehead atoms. The lowest BCUT2D eigenvalue weighted by Crippen LogP contribution is -2.47. The van der Waals surface area contributed by atoms with Crippen LogP contribution in [0.1, 0.15) is 27.7 Å². The van der Waals surface area contributed by atoms with E-state index in [4.69, 9.17) is 10.5 Å². The molecule has 1 atom stereocenters. The zero-order valence-corrected chi connectivity index (χ0v) is 7.69. The summed E-state index contributed by atoms with van der Waals surface area (Å²) in [6.45, 7) is 8.98. The van der Waals surface area contributed by atoms with Gasteiger partial charge >= 0.3 is 0 Å². The Balaban J connectivity index is 4.33. The lowest BCUT2D eigenvalue weighted by atomic mass is 9.78. The second-order valence-electron chi connectivity index (χ2n) is 3.89. The van der Waals surface area contributed by atoms with Gasteiger partial charge in [0, 0.05) is 13.7 Å². The molecule has 0 aliphatic rings. The Morgan fingerprint density at radius 3 is 1.60 bits per heavy atom. The maximum absolute atomic E-state index is 5.58. The van der Waals surface area contributed by atoms with Gasteiger partial charge in [0.1, 0.15) is 0 Å². The predicted octanol–water partition coefficient (Wildman–Crippen LogP) is 1.40. The average molecular weight is 145 g/mol. The molecule has 0 spiro atoms. The van der Waals surface area contributed by atoms with Crippen LogP contribution in [0.3, 0.4) is 0 Å². The quantitative estimate of drug-likeness (QED) is 0.637. The van der Waals surface area contributed by atoms with E-state index in [2.05, 4.69) is 20.8 Å². The first-order valence-corrected chi connectivity index (χ1v) is 3.62. The molecule has 0 amide bonds. The summed E-state index contributed by atoms with van der Waals surface area (Å²) in [5, 5.41) is 0. The fourth-order valence-electron chi connectivity index (χ4n) is 0.696. The summed E-state index contributed by atoms with van der Waals surface area (Å²) < 4.78 is 5.33. The largest absolute Gasteiger partial charge is 0.377 e. The van der Waals surface area contributed by atoms with Crippen molar-refractivity contribution < 1.29 is 4.74 Å². The van der Waals surface area contributed by atoms with Crippen LogP contribution in [0.2, 0.25) is 0 Å². The van der Waals surface area contributed by atoms with E-state index in [1.807, 2.05) is 6.92 Å². The summed E-state index contributed by atoms with van der Waals surface area (Å²) in [5.41, 5.74) is 5.48. The van der Waals surface area contributed by atoms with E-state index in [1.165, 1.54) is 0 Å². The Hall–Kier alpha value is -0.0800. The first-order chi connectivity index (χ1) is 4.37. The monoisotopic (exact) mass is 145 g/mol. The molecule has 0 radical (unpaired) electrons. The van der Waals surface area contributed by atoms with Crippen molar-refractivity contribution in [2.24, 2.45) is 11.1 Å². The molecule has 2 heteroatoms. The summed E-state index contributed by atoms with van der Waals surface area (Å²) in [6.07, 6.45) is 0. The minimum Gasteiger partial charge on any atom is -0.377 e. The average Bonchev–Trinajstić information content (AvgIpc) is 1.84. The Bertz CT molecular complexity index is 100. The highest BCUT2D eigenvalue weighted by Gasteiger charge is 2.35. The third-order valence-corrected chi connectivity index (χ3v) is 2.43. The Kier molecular flexibility index (Phi) is 2.86. The van der Waals surface area contributed by atoms with Crippen LogP contribution < -0.4 is 5.73 Å². The van der Waals surface area contributed by atoms with Crippen LogP contribution in [0, 0.1) is 5.41 Å². The standard InChI is InChI=1S/C8H19NO/c1-7(2,3)8(4,6-9)10-5/h6,9H2,1-5H3. The van der Waals surface area contributed by atoms with E-state index in [0.717, 1.165) is 0 Å². The summed E-state index contributed by atoms with van der Waals surface area (Å²) in [6, 6.07) is 0. The van der Waals surface area contributed by atoms with E-state index in [-0.39, 0.29) is 11.0 Å². The minimum absolute atomic E-state index is 0.108. The zero-order valence-electron chi connectivity index (χ0n) is 7.69. The van der Waals surface area contributed by atoms with Gasteiger partial charge in [0.25, 0.3) is 0 Å². The van der Waals surface area contributed by atoms with Crippen LogP contribution in [0.15, 0.2) is 0 Å². The zero-order chi connectivity index (χ0) is 8.41. The molecule has 0 rings (SSSR count). The van der Waals surface area contributed by atoms with Gasteiger partial charge in [0.15, 0.2) is 0 Å². The van der Waals surface area contributed by atoms with Crippen LogP contribution >= 0.6 is 0 Å². The molecular formula is C8H19NO. The number of hydrogen-bond donors (Lipinski definition) is 1. The summed E-state index contributed by atoms with van der Waals surface area (Å²) in [5.74, 6) is 0. The fraction of sp³-hybridized carbons (Fsp3) is 1.00. The molecule has 0 aromatic carbocycles. The van der Waals surface area contributed by atoms with Crippen molar-refractivity contribution in [2.45, 2.75) is 33.3 Å². The minimum atomic E-state index is -0.201. The third kappa shape index (κ3) is 1.70. The van der Waals surface area contributed by atoms with Gasteiger partial charge in [0.2, 0.25) is 0 Å². The van der Waals surface area contributed by atoms with Gasteiger partial charge < -0.3 is 10.5 Å². The molecule has 0 aliphatic carbocycles. The molecule has 0 aliphatic heterocycles. The van der Waals surface area contributed by atoms with Crippen molar-refractivity contribution in [1.29, 1.82) is 0 Å². The first kappa shape index (κ1) is 9.92. The van der Waals surface area contributed by atoms with Crippen molar-refractivity contribution in [2.75, 3.05) is 13.7 Å². The summed E-state index contributed by atoms with van der Waals surface area (Å²) >= 11 is 0. The summed E-state index contributed by atoms with van der Waals surface area (Å²) in [7, 11) is 1.71. The van der Waals surface area contributed by atoms with E-state index >= 15 is 0 Å². The van der Waals surface area contributed by atoms with Crippen LogP contribution in [-0.2, 0) is 4.74 Å². The fourth-order valence-corrected chi connectivity index (χ4v) is 0.696. The van der Waals surface area contributed by atoms with Gasteiger partial charge in [0.05, 0.1) is 5.60 Å². The molecule has 0 saturated heterocycles. The third-order valence-electron chi connectivity index (χ3n) is 2.43. The van der Waals surface area contributed by atoms with Crippen LogP contribution in [-0.4, -0.2) is 19.3 Å². The molecule has 1 unspecified atom stereocenters. The normalized spacial score (nSPS) is 18.6. The van der Waals surface area contributed by atoms with Gasteiger partial charge in [-0.3, -0.25) is 0 Å².